The zero-order valence-electron chi connectivity index (χ0n) is 20.9. The Morgan fingerprint density at radius 1 is 1.03 bits per heavy atom. The van der Waals surface area contributed by atoms with Gasteiger partial charge < -0.3 is 9.72 Å². The third-order valence-corrected chi connectivity index (χ3v) is 5.92. The van der Waals surface area contributed by atoms with Crippen molar-refractivity contribution in [2.24, 2.45) is 11.0 Å². The molecule has 0 amide bonds. The number of benzene rings is 2. The highest BCUT2D eigenvalue weighted by molar-refractivity contribution is 5.80. The van der Waals surface area contributed by atoms with Crippen molar-refractivity contribution >= 4 is 6.21 Å². The van der Waals surface area contributed by atoms with E-state index in [0.29, 0.717) is 23.7 Å². The van der Waals surface area contributed by atoms with Crippen LogP contribution < -0.4 is 4.74 Å². The first-order chi connectivity index (χ1) is 18.6. The van der Waals surface area contributed by atoms with Gasteiger partial charge in [0.25, 0.3) is 0 Å². The van der Waals surface area contributed by atoms with Crippen molar-refractivity contribution < 1.29 is 26.7 Å². The van der Waals surface area contributed by atoms with Crippen LogP contribution in [0.2, 0.25) is 0 Å². The van der Waals surface area contributed by atoms with Gasteiger partial charge in [0, 0.05) is 5.56 Å². The second kappa shape index (κ2) is 10.4. The van der Waals surface area contributed by atoms with Crippen LogP contribution in [0.25, 0.3) is 22.6 Å². The van der Waals surface area contributed by atoms with Gasteiger partial charge in [-0.25, -0.2) is 13.8 Å². The molecule has 0 spiro atoms. The maximum absolute atomic E-state index is 14.2. The van der Waals surface area contributed by atoms with Crippen molar-refractivity contribution in [3.8, 4) is 28.4 Å². The van der Waals surface area contributed by atoms with Crippen molar-refractivity contribution in [1.29, 1.82) is 0 Å². The van der Waals surface area contributed by atoms with Gasteiger partial charge in [-0.15, -0.1) is 0 Å². The van der Waals surface area contributed by atoms with Crippen LogP contribution in [-0.4, -0.2) is 38.0 Å². The van der Waals surface area contributed by atoms with Crippen LogP contribution >= 0.6 is 0 Å². The molecule has 0 fully saturated rings. The van der Waals surface area contributed by atoms with Crippen LogP contribution in [0.1, 0.15) is 36.5 Å². The molecule has 5 rings (SSSR count). The van der Waals surface area contributed by atoms with Crippen LogP contribution in [0.15, 0.2) is 53.6 Å². The zero-order valence-corrected chi connectivity index (χ0v) is 20.9. The van der Waals surface area contributed by atoms with E-state index in [-0.39, 0.29) is 47.4 Å². The Kier molecular flexibility index (Phi) is 7.02. The van der Waals surface area contributed by atoms with Crippen LogP contribution in [-0.2, 0) is 19.3 Å². The number of fused-ring (bicyclic) bond motifs is 1. The van der Waals surface area contributed by atoms with Gasteiger partial charge in [0.05, 0.1) is 54.1 Å². The fourth-order valence-electron chi connectivity index (χ4n) is 4.03. The predicted molar refractivity (Wildman–Crippen MR) is 134 cm³/mol. The summed E-state index contributed by atoms with van der Waals surface area (Å²) in [4.78, 5) is 7.30. The van der Waals surface area contributed by atoms with Gasteiger partial charge in [-0.05, 0) is 48.4 Å². The summed E-state index contributed by atoms with van der Waals surface area (Å²) in [6.45, 7) is 4.59. The van der Waals surface area contributed by atoms with E-state index in [1.165, 1.54) is 36.5 Å². The molecule has 7 nitrogen and oxygen atoms in total. The van der Waals surface area contributed by atoms with E-state index in [4.69, 9.17) is 4.74 Å². The number of nitrogens with zero attached hydrogens (tertiary/aromatic N) is 5. The molecule has 202 valence electrons. The average Bonchev–Trinajstić information content (AvgIpc) is 3.32. The summed E-state index contributed by atoms with van der Waals surface area (Å²) in [6, 6.07) is 10.7. The molecule has 0 aliphatic carbocycles. The molecule has 0 saturated carbocycles. The average molecular weight is 543 g/mol. The maximum atomic E-state index is 14.2. The minimum Gasteiger partial charge on any atom is -0.493 e. The van der Waals surface area contributed by atoms with Gasteiger partial charge in [-0.3, -0.25) is 5.01 Å². The molecule has 1 aliphatic heterocycles. The smallest absolute Gasteiger partial charge is 0.417 e. The molecule has 1 N–H and O–H groups in total. The second-order valence-corrected chi connectivity index (χ2v) is 9.44. The number of ether oxygens (including phenoxy) is 1. The summed E-state index contributed by atoms with van der Waals surface area (Å²) in [7, 11) is 0. The summed E-state index contributed by atoms with van der Waals surface area (Å²) in [5.74, 6) is -1.50. The number of rotatable bonds is 7. The van der Waals surface area contributed by atoms with E-state index in [2.05, 4.69) is 25.3 Å². The molecule has 0 bridgehead atoms. The number of hydrazone groups is 1. The molecular weight excluding hydrogens is 519 g/mol. The first-order valence-electron chi connectivity index (χ1n) is 12.1. The molecule has 0 atom stereocenters. The number of hydrogen-bond donors (Lipinski definition) is 1. The van der Waals surface area contributed by atoms with Crippen LogP contribution in [0, 0.1) is 17.6 Å². The van der Waals surface area contributed by atoms with E-state index in [1.54, 1.807) is 11.1 Å². The summed E-state index contributed by atoms with van der Waals surface area (Å²) >= 11 is 0. The lowest BCUT2D eigenvalue weighted by Crippen LogP contribution is -2.22. The largest absolute Gasteiger partial charge is 0.493 e. The number of nitrogens with one attached hydrogen (secondary N) is 1. The first-order valence-corrected chi connectivity index (χ1v) is 12.1. The molecule has 2 aromatic heterocycles. The van der Waals surface area contributed by atoms with Gasteiger partial charge in [-0.2, -0.15) is 28.5 Å². The Balaban J connectivity index is 1.31. The Morgan fingerprint density at radius 2 is 1.85 bits per heavy atom. The number of imidazole rings is 1. The Morgan fingerprint density at radius 3 is 2.56 bits per heavy atom. The fraction of sp³-hybridized carbons (Fsp3) is 0.259. The third-order valence-electron chi connectivity index (χ3n) is 5.92. The number of alkyl halides is 3. The highest BCUT2D eigenvalue weighted by Crippen LogP contribution is 2.38. The Hall–Kier alpha value is -4.35. The SMILES string of the molecule is CC(C)COc1ccc(-c2ccc(CN3Cc4[nH]c(-c5cccc(F)c5F)nc4C=N3)nn2)c(C(F)(F)F)c1. The lowest BCUT2D eigenvalue weighted by molar-refractivity contribution is -0.137. The third kappa shape index (κ3) is 5.74. The van der Waals surface area contributed by atoms with Crippen molar-refractivity contribution in [3.63, 3.8) is 0 Å². The normalized spacial score (nSPS) is 13.2. The van der Waals surface area contributed by atoms with Crippen molar-refractivity contribution in [2.75, 3.05) is 6.61 Å². The van der Waals surface area contributed by atoms with E-state index >= 15 is 0 Å². The summed E-state index contributed by atoms with van der Waals surface area (Å²) < 4.78 is 74.7. The van der Waals surface area contributed by atoms with Crippen molar-refractivity contribution in [2.45, 2.75) is 33.1 Å². The van der Waals surface area contributed by atoms with Gasteiger partial charge >= 0.3 is 6.18 Å². The number of aromatic nitrogens is 4. The molecule has 0 unspecified atom stereocenters. The Labute approximate surface area is 220 Å². The molecule has 2 aromatic carbocycles. The highest BCUT2D eigenvalue weighted by Gasteiger charge is 2.35. The van der Waals surface area contributed by atoms with Gasteiger partial charge in [0.1, 0.15) is 17.3 Å². The molecule has 3 heterocycles. The molecule has 0 saturated heterocycles. The summed E-state index contributed by atoms with van der Waals surface area (Å²) in [5, 5.41) is 14.1. The molecular formula is C27H23F5N6O. The van der Waals surface area contributed by atoms with Crippen molar-refractivity contribution in [3.05, 3.63) is 82.8 Å². The topological polar surface area (TPSA) is 79.3 Å². The van der Waals surface area contributed by atoms with E-state index in [9.17, 15) is 22.0 Å². The number of halogens is 5. The van der Waals surface area contributed by atoms with E-state index in [1.807, 2.05) is 13.8 Å². The monoisotopic (exact) mass is 542 g/mol. The molecule has 12 heteroatoms. The Bertz CT molecular complexity index is 1510. The number of aromatic amines is 1. The first kappa shape index (κ1) is 26.3. The molecule has 39 heavy (non-hydrogen) atoms. The number of hydrogen-bond acceptors (Lipinski definition) is 6. The van der Waals surface area contributed by atoms with Crippen molar-refractivity contribution in [1.82, 2.24) is 25.2 Å². The van der Waals surface area contributed by atoms with E-state index in [0.717, 1.165) is 12.1 Å². The highest BCUT2D eigenvalue weighted by atomic mass is 19.4. The molecule has 1 aliphatic rings. The zero-order chi connectivity index (χ0) is 27.7. The minimum absolute atomic E-state index is 0.00329. The summed E-state index contributed by atoms with van der Waals surface area (Å²) in [5.41, 5.74) is 0.720. The second-order valence-electron chi connectivity index (χ2n) is 9.44. The number of H-pyrrole nitrogens is 1. The lowest BCUT2D eigenvalue weighted by atomic mass is 10.0. The molecule has 4 aromatic rings. The van der Waals surface area contributed by atoms with Crippen LogP contribution in [0.3, 0.4) is 0 Å². The maximum Gasteiger partial charge on any atom is 0.417 e. The minimum atomic E-state index is -4.61. The van der Waals surface area contributed by atoms with Crippen LogP contribution in [0.5, 0.6) is 5.75 Å². The quantitative estimate of drug-likeness (QED) is 0.281. The fourth-order valence-corrected chi connectivity index (χ4v) is 4.03. The summed E-state index contributed by atoms with van der Waals surface area (Å²) in [6.07, 6.45) is -3.12. The molecule has 0 radical (unpaired) electrons. The van der Waals surface area contributed by atoms with Gasteiger partial charge in [-0.1, -0.05) is 19.9 Å². The predicted octanol–water partition coefficient (Wildman–Crippen LogP) is 6.22. The van der Waals surface area contributed by atoms with Crippen LogP contribution in [0.4, 0.5) is 22.0 Å². The lowest BCUT2D eigenvalue weighted by Gasteiger charge is -2.21. The van der Waals surface area contributed by atoms with E-state index < -0.39 is 23.4 Å². The van der Waals surface area contributed by atoms with Gasteiger partial charge in [0.15, 0.2) is 11.6 Å². The van der Waals surface area contributed by atoms with Gasteiger partial charge in [0.2, 0.25) is 0 Å². The standard InChI is InChI=1S/C27H23F5N6O/c1-15(2)14-39-17-7-8-18(20(10-17)27(30,31)32)22-9-6-16(36-37-22)12-38-13-24-23(11-33-38)34-26(35-24)19-4-3-5-21(28)25(19)29/h3-11,15H,12-14H2,1-2H3,(H,34,35).